The van der Waals surface area contributed by atoms with E-state index in [1.807, 2.05) is 30.3 Å². The molecule has 0 aliphatic carbocycles. The third-order valence-corrected chi connectivity index (χ3v) is 3.09. The summed E-state index contributed by atoms with van der Waals surface area (Å²) in [7, 11) is 0. The molecule has 0 atom stereocenters. The molecule has 0 spiro atoms. The van der Waals surface area contributed by atoms with Crippen LogP contribution in [0.5, 0.6) is 5.75 Å². The topological polar surface area (TPSA) is 12.5 Å². The molecule has 2 aromatic carbocycles. The van der Waals surface area contributed by atoms with Gasteiger partial charge in [0.05, 0.1) is 6.61 Å². The molecule has 0 heterocycles. The molecule has 0 unspecified atom stereocenters. The summed E-state index contributed by atoms with van der Waals surface area (Å²) >= 11 is 0. The second-order valence-electron chi connectivity index (χ2n) is 4.43. The van der Waals surface area contributed by atoms with Crippen LogP contribution in [0.15, 0.2) is 60.7 Å². The minimum absolute atomic E-state index is 0.757. The lowest BCUT2D eigenvalue weighted by Crippen LogP contribution is -2.25. The smallest absolute Gasteiger partial charge is 0.119 e. The zero-order valence-electron chi connectivity index (χ0n) is 11.5. The highest BCUT2D eigenvalue weighted by Crippen LogP contribution is 2.13. The van der Waals surface area contributed by atoms with Gasteiger partial charge in [-0.05, 0) is 37.6 Å². The molecule has 0 N–H and O–H groups in total. The van der Waals surface area contributed by atoms with Crippen molar-refractivity contribution in [3.8, 4) is 5.75 Å². The third kappa shape index (κ3) is 4.32. The molecule has 0 aromatic heterocycles. The second kappa shape index (κ2) is 7.47. The first-order valence-electron chi connectivity index (χ1n) is 6.88. The zero-order chi connectivity index (χ0) is 13.3. The van der Waals surface area contributed by atoms with Crippen molar-refractivity contribution in [2.75, 3.05) is 24.6 Å². The van der Waals surface area contributed by atoms with Crippen molar-refractivity contribution >= 4 is 5.69 Å². The number of anilines is 1. The largest absolute Gasteiger partial charge is 0.494 e. The Bertz CT molecular complexity index is 455. The minimum Gasteiger partial charge on any atom is -0.494 e. The van der Waals surface area contributed by atoms with E-state index >= 15 is 0 Å². The van der Waals surface area contributed by atoms with Gasteiger partial charge in [0.15, 0.2) is 0 Å². The van der Waals surface area contributed by atoms with Crippen LogP contribution in [0.1, 0.15) is 13.3 Å². The van der Waals surface area contributed by atoms with Gasteiger partial charge < -0.3 is 9.64 Å². The first-order chi connectivity index (χ1) is 9.40. The molecule has 0 amide bonds. The highest BCUT2D eigenvalue weighted by molar-refractivity contribution is 5.45. The second-order valence-corrected chi connectivity index (χ2v) is 4.43. The van der Waals surface area contributed by atoms with Crippen molar-refractivity contribution in [2.24, 2.45) is 0 Å². The van der Waals surface area contributed by atoms with E-state index in [1.54, 1.807) is 0 Å². The molecule has 19 heavy (non-hydrogen) atoms. The Morgan fingerprint density at radius 3 is 2.16 bits per heavy atom. The maximum absolute atomic E-state index is 5.71. The summed E-state index contributed by atoms with van der Waals surface area (Å²) in [6.45, 7) is 4.99. The molecule has 2 heteroatoms. The van der Waals surface area contributed by atoms with Crippen molar-refractivity contribution < 1.29 is 4.74 Å². The molecule has 0 radical (unpaired) electrons. The van der Waals surface area contributed by atoms with Crippen LogP contribution in [0.3, 0.4) is 0 Å². The molecule has 2 aromatic rings. The predicted molar refractivity (Wildman–Crippen MR) is 80.9 cm³/mol. The molecule has 0 aliphatic rings. The van der Waals surface area contributed by atoms with E-state index in [9.17, 15) is 0 Å². The quantitative estimate of drug-likeness (QED) is 0.694. The number of hydrogen-bond acceptors (Lipinski definition) is 2. The predicted octanol–water partition coefficient (Wildman–Crippen LogP) is 3.98. The zero-order valence-corrected chi connectivity index (χ0v) is 11.5. The van der Waals surface area contributed by atoms with Gasteiger partial charge in [-0.25, -0.2) is 0 Å². The Hall–Kier alpha value is -1.96. The normalized spacial score (nSPS) is 10.2. The van der Waals surface area contributed by atoms with Crippen LogP contribution in [0.4, 0.5) is 5.69 Å². The van der Waals surface area contributed by atoms with Crippen molar-refractivity contribution in [2.45, 2.75) is 13.3 Å². The number of benzene rings is 2. The van der Waals surface area contributed by atoms with Crippen LogP contribution in [0.25, 0.3) is 0 Å². The van der Waals surface area contributed by atoms with Gasteiger partial charge in [-0.3, -0.25) is 0 Å². The number of ether oxygens (including phenoxy) is 1. The molecule has 0 fully saturated rings. The Balaban J connectivity index is 1.75. The van der Waals surface area contributed by atoms with Crippen LogP contribution in [-0.2, 0) is 0 Å². The molecular weight excluding hydrogens is 234 g/mol. The molecule has 0 saturated heterocycles. The molecule has 2 rings (SSSR count). The van der Waals surface area contributed by atoms with E-state index in [4.69, 9.17) is 4.74 Å². The standard InChI is InChI=1S/C17H21NO/c1-2-18(16-10-5-3-6-11-16)14-9-15-19-17-12-7-4-8-13-17/h3-8,10-13H,2,9,14-15H2,1H3. The SMILES string of the molecule is CCN(CCCOc1ccccc1)c1ccccc1. The van der Waals surface area contributed by atoms with Crippen molar-refractivity contribution in [1.82, 2.24) is 0 Å². The van der Waals surface area contributed by atoms with Gasteiger partial charge in [0.1, 0.15) is 5.75 Å². The van der Waals surface area contributed by atoms with E-state index in [0.29, 0.717) is 0 Å². The van der Waals surface area contributed by atoms with Crippen molar-refractivity contribution in [3.63, 3.8) is 0 Å². The molecule has 0 aliphatic heterocycles. The lowest BCUT2D eigenvalue weighted by atomic mass is 10.2. The van der Waals surface area contributed by atoms with Gasteiger partial charge in [-0.2, -0.15) is 0 Å². The Kier molecular flexibility index (Phi) is 5.30. The van der Waals surface area contributed by atoms with Gasteiger partial charge >= 0.3 is 0 Å². The van der Waals surface area contributed by atoms with Crippen LogP contribution in [0, 0.1) is 0 Å². The molecule has 2 nitrogen and oxygen atoms in total. The number of hydrogen-bond donors (Lipinski definition) is 0. The van der Waals surface area contributed by atoms with E-state index in [2.05, 4.69) is 42.2 Å². The number of rotatable bonds is 7. The van der Waals surface area contributed by atoms with Crippen LogP contribution in [-0.4, -0.2) is 19.7 Å². The first kappa shape index (κ1) is 13.5. The van der Waals surface area contributed by atoms with Gasteiger partial charge in [0.25, 0.3) is 0 Å². The molecule has 0 bridgehead atoms. The number of para-hydroxylation sites is 2. The fourth-order valence-electron chi connectivity index (χ4n) is 2.07. The average molecular weight is 255 g/mol. The van der Waals surface area contributed by atoms with Gasteiger partial charge in [-0.15, -0.1) is 0 Å². The minimum atomic E-state index is 0.757. The van der Waals surface area contributed by atoms with Crippen LogP contribution in [0.2, 0.25) is 0 Å². The first-order valence-corrected chi connectivity index (χ1v) is 6.88. The monoisotopic (exact) mass is 255 g/mol. The van der Waals surface area contributed by atoms with Crippen molar-refractivity contribution in [3.05, 3.63) is 60.7 Å². The van der Waals surface area contributed by atoms with Crippen LogP contribution < -0.4 is 9.64 Å². The summed E-state index contributed by atoms with van der Waals surface area (Å²) in [5.41, 5.74) is 1.28. The lowest BCUT2D eigenvalue weighted by Gasteiger charge is -2.23. The Morgan fingerprint density at radius 1 is 0.895 bits per heavy atom. The average Bonchev–Trinajstić information content (AvgIpc) is 2.49. The van der Waals surface area contributed by atoms with E-state index < -0.39 is 0 Å². The summed E-state index contributed by atoms with van der Waals surface area (Å²) in [5.74, 6) is 0.949. The summed E-state index contributed by atoms with van der Waals surface area (Å²) in [6.07, 6.45) is 1.03. The van der Waals surface area contributed by atoms with Crippen LogP contribution >= 0.6 is 0 Å². The lowest BCUT2D eigenvalue weighted by molar-refractivity contribution is 0.312. The Labute approximate surface area is 115 Å². The van der Waals surface area contributed by atoms with Gasteiger partial charge in [0.2, 0.25) is 0 Å². The van der Waals surface area contributed by atoms with E-state index in [0.717, 1.165) is 31.9 Å². The molecule has 0 saturated carbocycles. The summed E-state index contributed by atoms with van der Waals surface area (Å²) in [6, 6.07) is 20.5. The third-order valence-electron chi connectivity index (χ3n) is 3.09. The molecule has 100 valence electrons. The van der Waals surface area contributed by atoms with Gasteiger partial charge in [-0.1, -0.05) is 36.4 Å². The highest BCUT2D eigenvalue weighted by Gasteiger charge is 2.02. The van der Waals surface area contributed by atoms with E-state index in [1.165, 1.54) is 5.69 Å². The maximum Gasteiger partial charge on any atom is 0.119 e. The summed E-state index contributed by atoms with van der Waals surface area (Å²) < 4.78 is 5.71. The fraction of sp³-hybridized carbons (Fsp3) is 0.294. The highest BCUT2D eigenvalue weighted by atomic mass is 16.5. The summed E-state index contributed by atoms with van der Waals surface area (Å²) in [4.78, 5) is 2.37. The molecular formula is C17H21NO. The van der Waals surface area contributed by atoms with Crippen molar-refractivity contribution in [1.29, 1.82) is 0 Å². The van der Waals surface area contributed by atoms with Gasteiger partial charge in [0, 0.05) is 18.8 Å². The number of nitrogens with zero attached hydrogens (tertiary/aromatic N) is 1. The fourth-order valence-corrected chi connectivity index (χ4v) is 2.07. The summed E-state index contributed by atoms with van der Waals surface area (Å²) in [5, 5.41) is 0. The van der Waals surface area contributed by atoms with E-state index in [-0.39, 0.29) is 0 Å². The Morgan fingerprint density at radius 2 is 1.53 bits per heavy atom. The maximum atomic E-state index is 5.71.